The summed E-state index contributed by atoms with van der Waals surface area (Å²) < 4.78 is 0. The molecule has 0 spiro atoms. The molecule has 0 heterocycles. The van der Waals surface area contributed by atoms with Crippen LogP contribution in [0.25, 0.3) is 5.76 Å². The van der Waals surface area contributed by atoms with Gasteiger partial charge >= 0.3 is 0 Å². The molecule has 0 amide bonds. The molecular formula is C19H14O2. The highest BCUT2D eigenvalue weighted by Crippen LogP contribution is 2.34. The molecule has 0 atom stereocenters. The highest BCUT2D eigenvalue weighted by Gasteiger charge is 2.26. The van der Waals surface area contributed by atoms with Gasteiger partial charge in [-0.15, -0.1) is 0 Å². The van der Waals surface area contributed by atoms with Crippen LogP contribution < -0.4 is 0 Å². The van der Waals surface area contributed by atoms with Crippen molar-refractivity contribution in [2.24, 2.45) is 0 Å². The Balaban J connectivity index is 1.73. The maximum Gasteiger partial charge on any atom is 0.189 e. The first-order valence-electron chi connectivity index (χ1n) is 7.07. The summed E-state index contributed by atoms with van der Waals surface area (Å²) in [5.41, 5.74) is 5.47. The second kappa shape index (κ2) is 4.45. The lowest BCUT2D eigenvalue weighted by Gasteiger charge is -1.98. The van der Waals surface area contributed by atoms with Crippen LogP contribution in [0.5, 0.6) is 0 Å². The molecule has 0 fully saturated rings. The Morgan fingerprint density at radius 3 is 2.14 bits per heavy atom. The van der Waals surface area contributed by atoms with Crippen LogP contribution in [0.4, 0.5) is 0 Å². The molecule has 0 unspecified atom stereocenters. The van der Waals surface area contributed by atoms with E-state index in [1.165, 1.54) is 0 Å². The minimum absolute atomic E-state index is 0.0851. The fourth-order valence-electron chi connectivity index (χ4n) is 3.17. The molecule has 0 saturated heterocycles. The number of benzene rings is 2. The van der Waals surface area contributed by atoms with Crippen molar-refractivity contribution in [3.8, 4) is 0 Å². The first-order valence-corrected chi connectivity index (χ1v) is 7.07. The van der Waals surface area contributed by atoms with Crippen molar-refractivity contribution in [1.29, 1.82) is 0 Å². The van der Waals surface area contributed by atoms with E-state index in [0.29, 0.717) is 18.6 Å². The van der Waals surface area contributed by atoms with Crippen molar-refractivity contribution in [2.45, 2.75) is 12.8 Å². The van der Waals surface area contributed by atoms with Crippen LogP contribution in [0.1, 0.15) is 27.0 Å². The summed E-state index contributed by atoms with van der Waals surface area (Å²) in [6.45, 7) is 0. The van der Waals surface area contributed by atoms with E-state index in [4.69, 9.17) is 0 Å². The van der Waals surface area contributed by atoms with E-state index in [2.05, 4.69) is 0 Å². The number of ketones is 1. The summed E-state index contributed by atoms with van der Waals surface area (Å²) >= 11 is 0. The predicted octanol–water partition coefficient (Wildman–Crippen LogP) is 3.88. The molecule has 1 N–H and O–H groups in total. The summed E-state index contributed by atoms with van der Waals surface area (Å²) in [7, 11) is 0. The average molecular weight is 274 g/mol. The van der Waals surface area contributed by atoms with Gasteiger partial charge in [0.15, 0.2) is 5.78 Å². The van der Waals surface area contributed by atoms with Crippen molar-refractivity contribution in [2.75, 3.05) is 0 Å². The van der Waals surface area contributed by atoms with Crippen LogP contribution >= 0.6 is 0 Å². The number of carbonyl (C=O) groups excluding carboxylic acids is 1. The van der Waals surface area contributed by atoms with Gasteiger partial charge in [0.1, 0.15) is 5.76 Å². The van der Waals surface area contributed by atoms with Crippen molar-refractivity contribution in [3.63, 3.8) is 0 Å². The van der Waals surface area contributed by atoms with Gasteiger partial charge in [-0.1, -0.05) is 48.5 Å². The predicted molar refractivity (Wildman–Crippen MR) is 82.3 cm³/mol. The van der Waals surface area contributed by atoms with Gasteiger partial charge in [0.05, 0.1) is 0 Å². The molecule has 0 aliphatic heterocycles. The highest BCUT2D eigenvalue weighted by atomic mass is 16.3. The van der Waals surface area contributed by atoms with E-state index in [0.717, 1.165) is 33.4 Å². The number of allylic oxidation sites excluding steroid dienone is 3. The fourth-order valence-corrected chi connectivity index (χ4v) is 3.17. The number of hydrogen-bond acceptors (Lipinski definition) is 2. The molecule has 2 aromatic rings. The molecule has 2 aromatic carbocycles. The van der Waals surface area contributed by atoms with Crippen LogP contribution in [-0.2, 0) is 12.8 Å². The van der Waals surface area contributed by atoms with Crippen LogP contribution in [0.3, 0.4) is 0 Å². The van der Waals surface area contributed by atoms with E-state index >= 15 is 0 Å². The lowest BCUT2D eigenvalue weighted by Crippen LogP contribution is -1.96. The van der Waals surface area contributed by atoms with Gasteiger partial charge in [-0.3, -0.25) is 4.79 Å². The summed E-state index contributed by atoms with van der Waals surface area (Å²) in [5, 5.41) is 10.3. The molecule has 0 aromatic heterocycles. The maximum absolute atomic E-state index is 12.4. The van der Waals surface area contributed by atoms with Gasteiger partial charge in [-0.05, 0) is 22.8 Å². The Bertz CT molecular complexity index is 825. The molecule has 0 radical (unpaired) electrons. The number of hydrogen-bond donors (Lipinski definition) is 1. The number of aliphatic hydroxyl groups excluding tert-OH is 1. The third-order valence-corrected chi connectivity index (χ3v) is 4.24. The van der Waals surface area contributed by atoms with Crippen molar-refractivity contribution in [1.82, 2.24) is 0 Å². The minimum Gasteiger partial charge on any atom is -0.507 e. The number of fused-ring (bicyclic) bond motifs is 2. The van der Waals surface area contributed by atoms with Gasteiger partial charge in [0.25, 0.3) is 0 Å². The average Bonchev–Trinajstić information content (AvgIpc) is 2.99. The molecule has 2 aliphatic carbocycles. The Labute approximate surface area is 123 Å². The minimum atomic E-state index is 0.0851. The summed E-state index contributed by atoms with van der Waals surface area (Å²) in [4.78, 5) is 12.4. The third-order valence-electron chi connectivity index (χ3n) is 4.24. The second-order valence-corrected chi connectivity index (χ2v) is 5.54. The highest BCUT2D eigenvalue weighted by molar-refractivity contribution is 6.13. The lowest BCUT2D eigenvalue weighted by atomic mass is 10.1. The Kier molecular flexibility index (Phi) is 2.58. The zero-order chi connectivity index (χ0) is 14.4. The molecule has 0 bridgehead atoms. The van der Waals surface area contributed by atoms with E-state index < -0.39 is 0 Å². The lowest BCUT2D eigenvalue weighted by molar-refractivity contribution is 0.103. The van der Waals surface area contributed by atoms with Crippen LogP contribution in [0.2, 0.25) is 0 Å². The first kappa shape index (κ1) is 12.2. The monoisotopic (exact) mass is 274 g/mol. The third kappa shape index (κ3) is 1.83. The zero-order valence-corrected chi connectivity index (χ0v) is 11.5. The van der Waals surface area contributed by atoms with Crippen LogP contribution in [0, 0.1) is 0 Å². The van der Waals surface area contributed by atoms with Crippen molar-refractivity contribution < 1.29 is 9.90 Å². The van der Waals surface area contributed by atoms with Crippen molar-refractivity contribution >= 4 is 11.5 Å². The molecular weight excluding hydrogens is 260 g/mol. The van der Waals surface area contributed by atoms with E-state index in [-0.39, 0.29) is 5.78 Å². The SMILES string of the molecule is O=C1C(=CC2=C(O)c3ccccc3C2)Cc2ccccc21. The molecule has 2 heteroatoms. The topological polar surface area (TPSA) is 37.3 Å². The molecule has 102 valence electrons. The molecule has 2 nitrogen and oxygen atoms in total. The Morgan fingerprint density at radius 2 is 1.48 bits per heavy atom. The standard InChI is InChI=1S/C19H14O2/c20-18-14(9-12-5-1-3-7-16(12)18)11-15-10-13-6-2-4-8-17(13)19(15)21/h1-8,11,20H,9-10H2. The number of carbonyl (C=O) groups is 1. The summed E-state index contributed by atoms with van der Waals surface area (Å²) in [5.74, 6) is 0.392. The smallest absolute Gasteiger partial charge is 0.189 e. The number of aliphatic hydroxyl groups is 1. The zero-order valence-electron chi connectivity index (χ0n) is 11.5. The van der Waals surface area contributed by atoms with Crippen molar-refractivity contribution in [3.05, 3.63) is 88.0 Å². The van der Waals surface area contributed by atoms with E-state index in [1.54, 1.807) is 0 Å². The molecule has 2 aliphatic rings. The summed E-state index contributed by atoms with van der Waals surface area (Å²) in [6, 6.07) is 15.5. The number of rotatable bonds is 1. The fraction of sp³-hybridized carbons (Fsp3) is 0.105. The van der Waals surface area contributed by atoms with E-state index in [9.17, 15) is 9.90 Å². The Morgan fingerprint density at radius 1 is 0.857 bits per heavy atom. The second-order valence-electron chi connectivity index (χ2n) is 5.54. The first-order chi connectivity index (χ1) is 10.2. The molecule has 0 saturated carbocycles. The van der Waals surface area contributed by atoms with Gasteiger partial charge in [-0.25, -0.2) is 0 Å². The normalized spacial score (nSPS) is 18.3. The Hall–Kier alpha value is -2.61. The number of Topliss-reactive ketones (excluding diaryl/α,β-unsaturated/α-hetero) is 1. The quantitative estimate of drug-likeness (QED) is 0.801. The van der Waals surface area contributed by atoms with E-state index in [1.807, 2.05) is 54.6 Å². The molecule has 21 heavy (non-hydrogen) atoms. The van der Waals surface area contributed by atoms with Gasteiger partial charge in [0, 0.05) is 29.5 Å². The van der Waals surface area contributed by atoms with Gasteiger partial charge < -0.3 is 5.11 Å². The largest absolute Gasteiger partial charge is 0.507 e. The summed E-state index contributed by atoms with van der Waals surface area (Å²) in [6.07, 6.45) is 3.22. The maximum atomic E-state index is 12.4. The molecule has 4 rings (SSSR count). The van der Waals surface area contributed by atoms with Crippen LogP contribution in [0.15, 0.2) is 65.8 Å². The van der Waals surface area contributed by atoms with Crippen LogP contribution in [-0.4, -0.2) is 10.9 Å². The van der Waals surface area contributed by atoms with Gasteiger partial charge in [-0.2, -0.15) is 0 Å². The van der Waals surface area contributed by atoms with Gasteiger partial charge in [0.2, 0.25) is 0 Å².